The monoisotopic (exact) mass is 256 g/mol. The molecule has 5 heteroatoms. The van der Waals surface area contributed by atoms with E-state index in [9.17, 15) is 4.79 Å². The van der Waals surface area contributed by atoms with Crippen LogP contribution in [0.2, 0.25) is 0 Å². The van der Waals surface area contributed by atoms with E-state index in [2.05, 4.69) is 20.5 Å². The van der Waals surface area contributed by atoms with Crippen molar-refractivity contribution in [1.29, 1.82) is 0 Å². The van der Waals surface area contributed by atoms with E-state index in [1.54, 1.807) is 0 Å². The Hall–Kier alpha value is -2.17. The van der Waals surface area contributed by atoms with Crippen LogP contribution in [0.3, 0.4) is 0 Å². The van der Waals surface area contributed by atoms with Gasteiger partial charge in [0.1, 0.15) is 5.82 Å². The lowest BCUT2D eigenvalue weighted by Gasteiger charge is -2.03. The number of nitrogens with zero attached hydrogens (tertiary/aromatic N) is 2. The number of aromatic amines is 1. The summed E-state index contributed by atoms with van der Waals surface area (Å²) < 4.78 is 0. The molecule has 19 heavy (non-hydrogen) atoms. The van der Waals surface area contributed by atoms with E-state index in [1.165, 1.54) is 5.56 Å². The van der Waals surface area contributed by atoms with Crippen molar-refractivity contribution in [2.45, 2.75) is 32.2 Å². The van der Waals surface area contributed by atoms with Crippen molar-refractivity contribution >= 4 is 5.91 Å². The Labute approximate surface area is 111 Å². The molecule has 1 heterocycles. The molecule has 2 N–H and O–H groups in total. The summed E-state index contributed by atoms with van der Waals surface area (Å²) in [4.78, 5) is 16.1. The Kier molecular flexibility index (Phi) is 3.03. The van der Waals surface area contributed by atoms with Crippen molar-refractivity contribution < 1.29 is 4.79 Å². The summed E-state index contributed by atoms with van der Waals surface area (Å²) in [7, 11) is 0. The van der Waals surface area contributed by atoms with Crippen LogP contribution in [0.5, 0.6) is 0 Å². The first kappa shape index (κ1) is 11.9. The Morgan fingerprint density at radius 1 is 1.47 bits per heavy atom. The second-order valence-electron chi connectivity index (χ2n) is 4.99. The van der Waals surface area contributed by atoms with Crippen molar-refractivity contribution in [2.75, 3.05) is 0 Å². The zero-order valence-corrected chi connectivity index (χ0v) is 10.8. The second kappa shape index (κ2) is 4.84. The number of carbonyl (C=O) groups excluding carboxylic acids is 1. The van der Waals surface area contributed by atoms with Crippen molar-refractivity contribution in [3.63, 3.8) is 0 Å². The molecule has 1 amide bonds. The number of hydrogen-bond donors (Lipinski definition) is 2. The quantitative estimate of drug-likeness (QED) is 0.878. The molecule has 1 aliphatic carbocycles. The highest BCUT2D eigenvalue weighted by atomic mass is 16.2. The molecule has 0 spiro atoms. The molecule has 0 radical (unpaired) electrons. The van der Waals surface area contributed by atoms with E-state index in [4.69, 9.17) is 0 Å². The predicted molar refractivity (Wildman–Crippen MR) is 70.7 cm³/mol. The molecule has 2 aromatic rings. The van der Waals surface area contributed by atoms with Crippen LogP contribution in [0.15, 0.2) is 24.3 Å². The molecular weight excluding hydrogens is 240 g/mol. The summed E-state index contributed by atoms with van der Waals surface area (Å²) >= 11 is 0. The van der Waals surface area contributed by atoms with Gasteiger partial charge in [-0.3, -0.25) is 9.89 Å². The van der Waals surface area contributed by atoms with Crippen LogP contribution in [0.1, 0.15) is 46.3 Å². The fraction of sp³-hybridized carbons (Fsp3) is 0.357. The number of rotatable bonds is 4. The molecule has 0 saturated heterocycles. The second-order valence-corrected chi connectivity index (χ2v) is 4.99. The number of H-pyrrole nitrogens is 1. The lowest BCUT2D eigenvalue weighted by molar-refractivity contribution is 0.0941. The van der Waals surface area contributed by atoms with Gasteiger partial charge in [0.2, 0.25) is 5.82 Å². The lowest BCUT2D eigenvalue weighted by atomic mass is 10.1. The van der Waals surface area contributed by atoms with Gasteiger partial charge in [0.25, 0.3) is 5.91 Å². The van der Waals surface area contributed by atoms with Crippen molar-refractivity contribution in [3.8, 4) is 0 Å². The third-order valence-electron chi connectivity index (χ3n) is 3.21. The van der Waals surface area contributed by atoms with E-state index in [0.717, 1.165) is 24.2 Å². The number of amides is 1. The van der Waals surface area contributed by atoms with Gasteiger partial charge in [0, 0.05) is 12.5 Å². The highest BCUT2D eigenvalue weighted by Crippen LogP contribution is 2.37. The van der Waals surface area contributed by atoms with Crippen LogP contribution in [0.25, 0.3) is 0 Å². The Balaban J connectivity index is 1.61. The number of nitrogens with one attached hydrogen (secondary N) is 2. The summed E-state index contributed by atoms with van der Waals surface area (Å²) in [5, 5.41) is 9.62. The van der Waals surface area contributed by atoms with Crippen LogP contribution in [-0.4, -0.2) is 21.1 Å². The molecule has 1 aromatic heterocycles. The number of hydrogen-bond acceptors (Lipinski definition) is 3. The Morgan fingerprint density at radius 3 is 3.05 bits per heavy atom. The Morgan fingerprint density at radius 2 is 2.32 bits per heavy atom. The normalized spacial score (nSPS) is 14.4. The van der Waals surface area contributed by atoms with Crippen LogP contribution < -0.4 is 5.32 Å². The van der Waals surface area contributed by atoms with E-state index in [0.29, 0.717) is 12.5 Å². The summed E-state index contributed by atoms with van der Waals surface area (Å²) in [6.45, 7) is 2.52. The maximum atomic E-state index is 11.9. The predicted octanol–water partition coefficient (Wildman–Crippen LogP) is 1.92. The van der Waals surface area contributed by atoms with Gasteiger partial charge in [-0.05, 0) is 25.3 Å². The number of aryl methyl sites for hydroxylation is 1. The smallest absolute Gasteiger partial charge is 0.291 e. The molecule has 98 valence electrons. The van der Waals surface area contributed by atoms with Gasteiger partial charge in [-0.1, -0.05) is 29.8 Å². The average Bonchev–Trinajstić information content (AvgIpc) is 3.14. The van der Waals surface area contributed by atoms with E-state index in [-0.39, 0.29) is 11.7 Å². The fourth-order valence-electron chi connectivity index (χ4n) is 2.00. The first-order valence-corrected chi connectivity index (χ1v) is 6.48. The molecule has 1 fully saturated rings. The van der Waals surface area contributed by atoms with Gasteiger partial charge < -0.3 is 5.32 Å². The lowest BCUT2D eigenvalue weighted by Crippen LogP contribution is -2.24. The van der Waals surface area contributed by atoms with Gasteiger partial charge >= 0.3 is 0 Å². The van der Waals surface area contributed by atoms with E-state index in [1.807, 2.05) is 31.2 Å². The van der Waals surface area contributed by atoms with E-state index < -0.39 is 0 Å². The summed E-state index contributed by atoms with van der Waals surface area (Å²) in [6.07, 6.45) is 2.28. The van der Waals surface area contributed by atoms with Crippen LogP contribution in [0.4, 0.5) is 0 Å². The summed E-state index contributed by atoms with van der Waals surface area (Å²) in [5.74, 6) is 1.31. The van der Waals surface area contributed by atoms with Crippen molar-refractivity contribution in [3.05, 3.63) is 47.0 Å². The standard InChI is InChI=1S/C14H16N4O/c1-9-3-2-4-10(7-9)8-15-14(19)13-16-12(17-18-13)11-5-6-11/h2-4,7,11H,5-6,8H2,1H3,(H,15,19)(H,16,17,18). The molecule has 1 saturated carbocycles. The van der Waals surface area contributed by atoms with Crippen LogP contribution in [0, 0.1) is 6.92 Å². The zero-order chi connectivity index (χ0) is 13.2. The Bertz CT molecular complexity index is 601. The molecule has 5 nitrogen and oxygen atoms in total. The third kappa shape index (κ3) is 2.81. The number of aromatic nitrogens is 3. The molecule has 0 bridgehead atoms. The molecule has 1 aromatic carbocycles. The average molecular weight is 256 g/mol. The van der Waals surface area contributed by atoms with Crippen molar-refractivity contribution in [1.82, 2.24) is 20.5 Å². The minimum atomic E-state index is -0.232. The molecule has 3 rings (SSSR count). The summed E-state index contributed by atoms with van der Waals surface area (Å²) in [6, 6.07) is 8.05. The van der Waals surface area contributed by atoms with E-state index >= 15 is 0 Å². The van der Waals surface area contributed by atoms with Gasteiger partial charge in [0.15, 0.2) is 0 Å². The number of benzene rings is 1. The van der Waals surface area contributed by atoms with Crippen LogP contribution >= 0.6 is 0 Å². The van der Waals surface area contributed by atoms with Gasteiger partial charge in [-0.15, -0.1) is 5.10 Å². The maximum Gasteiger partial charge on any atom is 0.291 e. The zero-order valence-electron chi connectivity index (χ0n) is 10.8. The topological polar surface area (TPSA) is 70.7 Å². The van der Waals surface area contributed by atoms with Gasteiger partial charge in [-0.25, -0.2) is 4.98 Å². The van der Waals surface area contributed by atoms with Gasteiger partial charge in [0.05, 0.1) is 0 Å². The molecule has 1 aliphatic rings. The third-order valence-corrected chi connectivity index (χ3v) is 3.21. The van der Waals surface area contributed by atoms with Crippen molar-refractivity contribution in [2.24, 2.45) is 0 Å². The fourth-order valence-corrected chi connectivity index (χ4v) is 2.00. The largest absolute Gasteiger partial charge is 0.345 e. The molecule has 0 unspecified atom stereocenters. The maximum absolute atomic E-state index is 11.9. The minimum absolute atomic E-state index is 0.231. The molecular formula is C14H16N4O. The first-order chi connectivity index (χ1) is 9.22. The summed E-state index contributed by atoms with van der Waals surface area (Å²) in [5.41, 5.74) is 2.26. The number of carbonyl (C=O) groups is 1. The highest BCUT2D eigenvalue weighted by Gasteiger charge is 2.28. The SMILES string of the molecule is Cc1cccc(CNC(=O)c2n[nH]c(C3CC3)n2)c1. The minimum Gasteiger partial charge on any atom is -0.345 e. The highest BCUT2D eigenvalue weighted by molar-refractivity contribution is 5.90. The van der Waals surface area contributed by atoms with Gasteiger partial charge in [-0.2, -0.15) is 0 Å². The molecule has 0 atom stereocenters. The van der Waals surface area contributed by atoms with Crippen LogP contribution in [-0.2, 0) is 6.54 Å². The first-order valence-electron chi connectivity index (χ1n) is 6.48. The molecule has 0 aliphatic heterocycles.